The van der Waals surface area contributed by atoms with Crippen LogP contribution >= 0.6 is 0 Å². The Labute approximate surface area is 173 Å². The fourth-order valence-electron chi connectivity index (χ4n) is 4.02. The highest BCUT2D eigenvalue weighted by atomic mass is 16.5. The van der Waals surface area contributed by atoms with Gasteiger partial charge in [0.1, 0.15) is 5.75 Å². The second-order valence-electron chi connectivity index (χ2n) is 8.56. The second-order valence-corrected chi connectivity index (χ2v) is 8.56. The minimum Gasteiger partial charge on any atom is -0.497 e. The number of hydrogen-bond donors (Lipinski definition) is 1. The van der Waals surface area contributed by atoms with E-state index in [0.29, 0.717) is 5.92 Å². The number of nitrogens with zero attached hydrogens (tertiary/aromatic N) is 2. The van der Waals surface area contributed by atoms with Gasteiger partial charge in [-0.15, -0.1) is 0 Å². The smallest absolute Gasteiger partial charge is 0.244 e. The van der Waals surface area contributed by atoms with Gasteiger partial charge in [-0.3, -0.25) is 4.79 Å². The molecule has 3 rings (SSSR count). The van der Waals surface area contributed by atoms with Crippen LogP contribution in [0.1, 0.15) is 55.4 Å². The molecule has 1 amide bonds. The standard InChI is InChI=1S/C24H31N3O2/c1-16-11-22-21(17(2)14-24(3,4)27(22)5)13-19(16)15-25-26-23(28)12-18-7-9-20(29-6)10-8-18/h7-11,13,15,17H,12,14H2,1-6H3,(H,26,28)/b25-15+/t17-/m1/s1. The maximum atomic E-state index is 12.2. The number of rotatable bonds is 5. The molecule has 0 saturated carbocycles. The molecule has 0 aliphatic carbocycles. The summed E-state index contributed by atoms with van der Waals surface area (Å²) >= 11 is 0. The SMILES string of the molecule is COc1ccc(CC(=O)N/N=C/c2cc3c(cc2C)N(C)C(C)(C)C[C@H]3C)cc1. The van der Waals surface area contributed by atoms with Crippen LogP contribution in [-0.2, 0) is 11.2 Å². The maximum Gasteiger partial charge on any atom is 0.244 e. The van der Waals surface area contributed by atoms with E-state index in [2.05, 4.69) is 62.3 Å². The lowest BCUT2D eigenvalue weighted by Crippen LogP contribution is -2.45. The normalized spacial score (nSPS) is 17.9. The average molecular weight is 394 g/mol. The Bertz CT molecular complexity index is 916. The molecule has 2 aromatic rings. The molecule has 154 valence electrons. The Morgan fingerprint density at radius 2 is 2.00 bits per heavy atom. The van der Waals surface area contributed by atoms with Gasteiger partial charge in [-0.1, -0.05) is 19.1 Å². The fourth-order valence-corrected chi connectivity index (χ4v) is 4.02. The second kappa shape index (κ2) is 8.27. The Morgan fingerprint density at radius 3 is 2.66 bits per heavy atom. The van der Waals surface area contributed by atoms with E-state index in [1.165, 1.54) is 11.3 Å². The largest absolute Gasteiger partial charge is 0.497 e. The summed E-state index contributed by atoms with van der Waals surface area (Å²) in [5, 5.41) is 4.19. The van der Waals surface area contributed by atoms with Crippen LogP contribution < -0.4 is 15.1 Å². The molecule has 0 spiro atoms. The van der Waals surface area contributed by atoms with Gasteiger partial charge in [-0.2, -0.15) is 5.10 Å². The number of benzene rings is 2. The van der Waals surface area contributed by atoms with Gasteiger partial charge in [0, 0.05) is 18.3 Å². The molecule has 0 saturated heterocycles. The Hall–Kier alpha value is -2.82. The van der Waals surface area contributed by atoms with Crippen molar-refractivity contribution in [1.29, 1.82) is 0 Å². The van der Waals surface area contributed by atoms with Crippen molar-refractivity contribution in [3.63, 3.8) is 0 Å². The molecule has 0 fully saturated rings. The Morgan fingerprint density at radius 1 is 1.31 bits per heavy atom. The first kappa shape index (κ1) is 20.9. The van der Waals surface area contributed by atoms with Gasteiger partial charge in [0.25, 0.3) is 0 Å². The van der Waals surface area contributed by atoms with E-state index in [0.717, 1.165) is 28.9 Å². The lowest BCUT2D eigenvalue weighted by Gasteiger charge is -2.45. The summed E-state index contributed by atoms with van der Waals surface area (Å²) in [5.74, 6) is 1.11. The number of hydrogen-bond acceptors (Lipinski definition) is 4. The van der Waals surface area contributed by atoms with Crippen LogP contribution in [-0.4, -0.2) is 31.8 Å². The number of amides is 1. The van der Waals surface area contributed by atoms with Crippen molar-refractivity contribution in [3.05, 3.63) is 58.7 Å². The monoisotopic (exact) mass is 393 g/mol. The first-order chi connectivity index (χ1) is 13.7. The number of ether oxygens (including phenoxy) is 1. The van der Waals surface area contributed by atoms with Crippen molar-refractivity contribution < 1.29 is 9.53 Å². The molecule has 5 heteroatoms. The summed E-state index contributed by atoms with van der Waals surface area (Å²) in [6.07, 6.45) is 3.13. The highest BCUT2D eigenvalue weighted by Crippen LogP contribution is 2.43. The molecular weight excluding hydrogens is 362 g/mol. The van der Waals surface area contributed by atoms with Gasteiger partial charge in [-0.25, -0.2) is 5.43 Å². The molecule has 1 aliphatic heterocycles. The predicted molar refractivity (Wildman–Crippen MR) is 119 cm³/mol. The zero-order valence-corrected chi connectivity index (χ0v) is 18.2. The van der Waals surface area contributed by atoms with Crippen molar-refractivity contribution >= 4 is 17.8 Å². The zero-order chi connectivity index (χ0) is 21.2. The van der Waals surface area contributed by atoms with Crippen LogP contribution in [0.3, 0.4) is 0 Å². The van der Waals surface area contributed by atoms with E-state index in [1.807, 2.05) is 24.3 Å². The van der Waals surface area contributed by atoms with Crippen molar-refractivity contribution in [2.75, 3.05) is 19.1 Å². The number of carbonyl (C=O) groups is 1. The van der Waals surface area contributed by atoms with E-state index in [4.69, 9.17) is 4.74 Å². The first-order valence-electron chi connectivity index (χ1n) is 10.0. The summed E-state index contributed by atoms with van der Waals surface area (Å²) < 4.78 is 5.14. The molecule has 0 aromatic heterocycles. The topological polar surface area (TPSA) is 53.9 Å². The lowest BCUT2D eigenvalue weighted by atomic mass is 9.79. The summed E-state index contributed by atoms with van der Waals surface area (Å²) in [7, 11) is 3.79. The van der Waals surface area contributed by atoms with Gasteiger partial charge in [0.15, 0.2) is 0 Å². The van der Waals surface area contributed by atoms with Crippen molar-refractivity contribution in [2.24, 2.45) is 5.10 Å². The Balaban J connectivity index is 1.69. The third kappa shape index (κ3) is 4.61. The van der Waals surface area contributed by atoms with Crippen LogP contribution in [0, 0.1) is 6.92 Å². The minimum atomic E-state index is -0.142. The maximum absolute atomic E-state index is 12.2. The number of methoxy groups -OCH3 is 1. The zero-order valence-electron chi connectivity index (χ0n) is 18.2. The average Bonchev–Trinajstić information content (AvgIpc) is 2.67. The van der Waals surface area contributed by atoms with Crippen LogP contribution in [0.4, 0.5) is 5.69 Å². The van der Waals surface area contributed by atoms with Crippen molar-refractivity contribution in [3.8, 4) is 5.75 Å². The highest BCUT2D eigenvalue weighted by molar-refractivity contribution is 5.86. The molecule has 1 aliphatic rings. The van der Waals surface area contributed by atoms with E-state index < -0.39 is 0 Å². The van der Waals surface area contributed by atoms with Gasteiger partial charge in [0.05, 0.1) is 19.7 Å². The minimum absolute atomic E-state index is 0.142. The number of carbonyl (C=O) groups excluding carboxylic acids is 1. The van der Waals surface area contributed by atoms with Crippen molar-refractivity contribution in [1.82, 2.24) is 5.43 Å². The van der Waals surface area contributed by atoms with Crippen LogP contribution in [0.15, 0.2) is 41.5 Å². The number of hydrazone groups is 1. The van der Waals surface area contributed by atoms with Gasteiger partial charge < -0.3 is 9.64 Å². The third-order valence-corrected chi connectivity index (χ3v) is 5.94. The van der Waals surface area contributed by atoms with Crippen LogP contribution in [0.25, 0.3) is 0 Å². The van der Waals surface area contributed by atoms with E-state index >= 15 is 0 Å². The van der Waals surface area contributed by atoms with E-state index in [9.17, 15) is 4.79 Å². The molecule has 2 aromatic carbocycles. The van der Waals surface area contributed by atoms with E-state index in [-0.39, 0.29) is 17.9 Å². The molecule has 29 heavy (non-hydrogen) atoms. The first-order valence-corrected chi connectivity index (χ1v) is 10.0. The molecule has 1 heterocycles. The quantitative estimate of drug-likeness (QED) is 0.604. The number of anilines is 1. The number of aryl methyl sites for hydroxylation is 1. The number of nitrogens with one attached hydrogen (secondary N) is 1. The van der Waals surface area contributed by atoms with Crippen LogP contribution in [0.2, 0.25) is 0 Å². The molecular formula is C24H31N3O2. The number of fused-ring (bicyclic) bond motifs is 1. The van der Waals surface area contributed by atoms with Gasteiger partial charge >= 0.3 is 0 Å². The Kier molecular flexibility index (Phi) is 5.96. The molecule has 1 N–H and O–H groups in total. The van der Waals surface area contributed by atoms with Crippen molar-refractivity contribution in [2.45, 2.75) is 52.0 Å². The summed E-state index contributed by atoms with van der Waals surface area (Å²) in [4.78, 5) is 14.5. The lowest BCUT2D eigenvalue weighted by molar-refractivity contribution is -0.120. The summed E-state index contributed by atoms with van der Waals surface area (Å²) in [6, 6.07) is 11.9. The van der Waals surface area contributed by atoms with Crippen LogP contribution in [0.5, 0.6) is 5.75 Å². The molecule has 0 bridgehead atoms. The molecule has 1 atom stereocenters. The third-order valence-electron chi connectivity index (χ3n) is 5.94. The van der Waals surface area contributed by atoms with E-state index in [1.54, 1.807) is 13.3 Å². The summed E-state index contributed by atoms with van der Waals surface area (Å²) in [5.41, 5.74) is 8.50. The molecule has 0 radical (unpaired) electrons. The molecule has 5 nitrogen and oxygen atoms in total. The summed E-state index contributed by atoms with van der Waals surface area (Å²) in [6.45, 7) is 8.94. The van der Waals surface area contributed by atoms with Gasteiger partial charge in [0.2, 0.25) is 5.91 Å². The molecule has 0 unspecified atom stereocenters. The fraction of sp³-hybridized carbons (Fsp3) is 0.417. The van der Waals surface area contributed by atoms with Gasteiger partial charge in [-0.05, 0) is 79.6 Å². The predicted octanol–water partition coefficient (Wildman–Crippen LogP) is 4.42. The highest BCUT2D eigenvalue weighted by Gasteiger charge is 2.34.